The Morgan fingerprint density at radius 1 is 1.22 bits per heavy atom. The normalized spacial score (nSPS) is 8.44. The van der Waals surface area contributed by atoms with Crippen molar-refractivity contribution in [1.82, 2.24) is 2.94 Å². The van der Waals surface area contributed by atoms with Crippen LogP contribution in [-0.2, 0) is 0 Å². The van der Waals surface area contributed by atoms with Crippen LogP contribution in [-0.4, -0.2) is 0 Å². The fraction of sp³-hybridized carbons (Fsp3) is 0. The summed E-state index contributed by atoms with van der Waals surface area (Å²) in [6.07, 6.45) is 0. The molecular formula is C6H5IN2. The van der Waals surface area contributed by atoms with Crippen LogP contribution in [0.5, 0.6) is 0 Å². The van der Waals surface area contributed by atoms with Gasteiger partial charge in [0.15, 0.2) is 0 Å². The molecule has 0 aromatic heterocycles. The van der Waals surface area contributed by atoms with Gasteiger partial charge in [-0.05, 0) is 12.1 Å². The van der Waals surface area contributed by atoms with Crippen molar-refractivity contribution in [2.45, 2.75) is 0 Å². The molecule has 0 fully saturated rings. The van der Waals surface area contributed by atoms with Crippen LogP contribution in [0.25, 0.3) is 5.53 Å². The second-order valence-electron chi connectivity index (χ2n) is 1.46. The van der Waals surface area contributed by atoms with Crippen molar-refractivity contribution in [2.75, 3.05) is 0 Å². The van der Waals surface area contributed by atoms with Crippen molar-refractivity contribution in [3.8, 4) is 0 Å². The van der Waals surface area contributed by atoms with Gasteiger partial charge < -0.3 is 5.53 Å². The van der Waals surface area contributed by atoms with E-state index in [4.69, 9.17) is 5.53 Å². The van der Waals surface area contributed by atoms with Crippen LogP contribution in [0.15, 0.2) is 30.3 Å². The lowest BCUT2D eigenvalue weighted by molar-refractivity contribution is 1.65. The maximum Gasteiger partial charge on any atom is 0.378 e. The minimum Gasteiger partial charge on any atom is -0.359 e. The Labute approximate surface area is 63.6 Å². The second kappa shape index (κ2) is 3.48. The van der Waals surface area contributed by atoms with Crippen molar-refractivity contribution >= 4 is 21.0 Å². The van der Waals surface area contributed by atoms with Gasteiger partial charge in [-0.3, -0.25) is 0 Å². The molecule has 0 saturated heterocycles. The second-order valence-corrected chi connectivity index (χ2v) is 3.62. The summed E-state index contributed by atoms with van der Waals surface area (Å²) in [5.74, 6) is 0. The maximum atomic E-state index is 8.19. The van der Waals surface area contributed by atoms with Gasteiger partial charge in [0.25, 0.3) is 0 Å². The minimum atomic E-state index is -0.490. The van der Waals surface area contributed by atoms with Crippen molar-refractivity contribution in [3.63, 3.8) is 0 Å². The highest BCUT2D eigenvalue weighted by Crippen LogP contribution is 2.06. The molecule has 2 nitrogen and oxygen atoms in total. The van der Waals surface area contributed by atoms with Crippen LogP contribution in [0.2, 0.25) is 0 Å². The molecule has 46 valence electrons. The smallest absolute Gasteiger partial charge is 0.359 e. The molecule has 0 saturated carbocycles. The third kappa shape index (κ3) is 2.03. The Morgan fingerprint density at radius 3 is 2.44 bits per heavy atom. The number of halogens is 1. The van der Waals surface area contributed by atoms with E-state index in [0.29, 0.717) is 0 Å². The number of nitrogens with zero attached hydrogens (tertiary/aromatic N) is 2. The number of rotatable bonds is 1. The van der Waals surface area contributed by atoms with E-state index in [1.54, 1.807) is 0 Å². The summed E-state index contributed by atoms with van der Waals surface area (Å²) in [5.41, 5.74) is 8.19. The van der Waals surface area contributed by atoms with Crippen LogP contribution < -0.4 is 2.94 Å². The molecule has 3 heteroatoms. The molecule has 1 aromatic carbocycles. The van der Waals surface area contributed by atoms with E-state index in [9.17, 15) is 0 Å². The molecule has 0 spiro atoms. The summed E-state index contributed by atoms with van der Waals surface area (Å²) in [6, 6.07) is 9.77. The highest BCUT2D eigenvalue weighted by Gasteiger charge is 1.88. The minimum absolute atomic E-state index is 0.490. The third-order valence-corrected chi connectivity index (χ3v) is 2.36. The van der Waals surface area contributed by atoms with Crippen molar-refractivity contribution in [2.24, 2.45) is 0 Å². The molecule has 0 heterocycles. The van der Waals surface area contributed by atoms with Crippen LogP contribution in [0.1, 0.15) is 0 Å². The van der Waals surface area contributed by atoms with Gasteiger partial charge in [0.1, 0.15) is 0 Å². The van der Waals surface area contributed by atoms with Crippen molar-refractivity contribution in [3.05, 3.63) is 39.4 Å². The number of hydrogen-bond donors (Lipinski definition) is 0. The SMILES string of the molecule is [N-]=[N+]=Ic1ccccc1. The predicted molar refractivity (Wildman–Crippen MR) is 44.7 cm³/mol. The molecule has 1 aromatic rings. The van der Waals surface area contributed by atoms with Gasteiger partial charge in [0.05, 0.1) is 3.57 Å². The average molecular weight is 232 g/mol. The summed E-state index contributed by atoms with van der Waals surface area (Å²) < 4.78 is 4.25. The largest absolute Gasteiger partial charge is 0.378 e. The third-order valence-electron chi connectivity index (χ3n) is 0.868. The highest BCUT2D eigenvalue weighted by atomic mass is 127. The van der Waals surface area contributed by atoms with Gasteiger partial charge in [-0.1, -0.05) is 18.2 Å². The fourth-order valence-corrected chi connectivity index (χ4v) is 1.50. The molecular weight excluding hydrogens is 227 g/mol. The summed E-state index contributed by atoms with van der Waals surface area (Å²) >= 11 is -0.490. The van der Waals surface area contributed by atoms with E-state index in [2.05, 4.69) is 2.94 Å². The first-order valence-corrected chi connectivity index (χ1v) is 4.51. The summed E-state index contributed by atoms with van der Waals surface area (Å²) in [7, 11) is 0. The molecule has 0 N–H and O–H groups in total. The van der Waals surface area contributed by atoms with E-state index in [1.165, 1.54) is 0 Å². The number of hydrogen-bond acceptors (Lipinski definition) is 0. The van der Waals surface area contributed by atoms with Crippen LogP contribution >= 0.6 is 21.0 Å². The Balaban J connectivity index is 2.97. The first kappa shape index (κ1) is 6.58. The Kier molecular flexibility index (Phi) is 2.54. The molecule has 0 aliphatic heterocycles. The topological polar surface area (TPSA) is 36.4 Å². The van der Waals surface area contributed by atoms with Gasteiger partial charge in [0.2, 0.25) is 0 Å². The molecule has 0 aliphatic carbocycles. The van der Waals surface area contributed by atoms with Gasteiger partial charge in [-0.25, -0.2) is 0 Å². The lowest BCUT2D eigenvalue weighted by Crippen LogP contribution is -1.64. The summed E-state index contributed by atoms with van der Waals surface area (Å²) in [6.45, 7) is 0. The lowest BCUT2D eigenvalue weighted by Gasteiger charge is -1.78. The Bertz CT molecular complexity index is 226. The van der Waals surface area contributed by atoms with E-state index in [0.717, 1.165) is 3.57 Å². The zero-order valence-electron chi connectivity index (χ0n) is 4.66. The molecule has 0 radical (unpaired) electrons. The first-order chi connectivity index (χ1) is 4.43. The van der Waals surface area contributed by atoms with Gasteiger partial charge in [-0.15, -0.1) is 0 Å². The lowest BCUT2D eigenvalue weighted by atomic mass is 10.4. The summed E-state index contributed by atoms with van der Waals surface area (Å²) in [4.78, 5) is 0. The summed E-state index contributed by atoms with van der Waals surface area (Å²) in [5, 5.41) is 0. The molecule has 0 atom stereocenters. The van der Waals surface area contributed by atoms with Gasteiger partial charge in [0, 0.05) is 0 Å². The van der Waals surface area contributed by atoms with E-state index in [1.807, 2.05) is 30.3 Å². The molecule has 1 rings (SSSR count). The van der Waals surface area contributed by atoms with E-state index in [-0.39, 0.29) is 0 Å². The predicted octanol–water partition coefficient (Wildman–Crippen LogP) is 2.10. The monoisotopic (exact) mass is 232 g/mol. The Hall–Kier alpha value is -0.540. The van der Waals surface area contributed by atoms with Gasteiger partial charge in [-0.2, -0.15) is 2.94 Å². The molecule has 9 heavy (non-hydrogen) atoms. The molecule has 0 unspecified atom stereocenters. The molecule has 0 bridgehead atoms. The van der Waals surface area contributed by atoms with Crippen molar-refractivity contribution < 1.29 is 0 Å². The highest BCUT2D eigenvalue weighted by molar-refractivity contribution is 14.2. The zero-order chi connectivity index (χ0) is 6.53. The molecule has 0 amide bonds. The molecule has 0 aliphatic rings. The van der Waals surface area contributed by atoms with Crippen molar-refractivity contribution in [1.29, 1.82) is 0 Å². The van der Waals surface area contributed by atoms with E-state index >= 15 is 0 Å². The number of benzene rings is 1. The fourth-order valence-electron chi connectivity index (χ4n) is 0.515. The maximum absolute atomic E-state index is 8.19. The van der Waals surface area contributed by atoms with Crippen LogP contribution in [0.3, 0.4) is 0 Å². The Morgan fingerprint density at radius 2 is 1.89 bits per heavy atom. The van der Waals surface area contributed by atoms with Crippen LogP contribution in [0.4, 0.5) is 0 Å². The zero-order valence-corrected chi connectivity index (χ0v) is 6.82. The average Bonchev–Trinajstić information content (AvgIpc) is 1.91. The first-order valence-electron chi connectivity index (χ1n) is 2.47. The van der Waals surface area contributed by atoms with Crippen LogP contribution in [0, 0.1) is 3.57 Å². The quantitative estimate of drug-likeness (QED) is 0.404. The van der Waals surface area contributed by atoms with Gasteiger partial charge >= 0.3 is 21.0 Å². The standard InChI is InChI=1S/C6H5IN2/c8-9-7-6-4-2-1-3-5-6/h1-5H. The van der Waals surface area contributed by atoms with E-state index < -0.39 is 21.0 Å².